The lowest BCUT2D eigenvalue weighted by atomic mass is 9.76. The van der Waals surface area contributed by atoms with E-state index in [0.29, 0.717) is 30.3 Å². The van der Waals surface area contributed by atoms with Crippen molar-refractivity contribution in [2.24, 2.45) is 11.7 Å². The molecule has 0 unspecified atom stereocenters. The van der Waals surface area contributed by atoms with Crippen LogP contribution in [0.1, 0.15) is 54.4 Å². The van der Waals surface area contributed by atoms with Gasteiger partial charge in [0.2, 0.25) is 10.0 Å². The van der Waals surface area contributed by atoms with Crippen LogP contribution in [0.5, 0.6) is 0 Å². The monoisotopic (exact) mass is 497 g/mol. The van der Waals surface area contributed by atoms with Crippen molar-refractivity contribution in [2.45, 2.75) is 44.6 Å². The number of fused-ring (bicyclic) bond motifs is 1. The quantitative estimate of drug-likeness (QED) is 0.566. The number of carbonyl (C=O) groups excluding carboxylic acids is 1. The van der Waals surface area contributed by atoms with Gasteiger partial charge in [-0.15, -0.1) is 0 Å². The van der Waals surface area contributed by atoms with Gasteiger partial charge < -0.3 is 11.1 Å². The first-order chi connectivity index (χ1) is 16.7. The van der Waals surface area contributed by atoms with Gasteiger partial charge in [0, 0.05) is 24.2 Å². The summed E-state index contributed by atoms with van der Waals surface area (Å²) in [6.07, 6.45) is 8.00. The van der Waals surface area contributed by atoms with E-state index in [9.17, 15) is 17.6 Å². The van der Waals surface area contributed by atoms with Gasteiger partial charge in [0.1, 0.15) is 5.82 Å². The van der Waals surface area contributed by atoms with Gasteiger partial charge in [-0.3, -0.25) is 19.1 Å². The maximum atomic E-state index is 14.7. The Labute approximate surface area is 203 Å². The van der Waals surface area contributed by atoms with Crippen molar-refractivity contribution in [3.05, 3.63) is 59.8 Å². The van der Waals surface area contributed by atoms with Gasteiger partial charge in [-0.1, -0.05) is 6.92 Å². The molecule has 2 aromatic heterocycles. The molecule has 184 valence electrons. The number of nitrogens with two attached hydrogens (primary N) is 1. The first-order valence-corrected chi connectivity index (χ1v) is 13.4. The number of anilines is 2. The SMILES string of the molecule is C[C@@H]1C[C@H](N)C[C@H](c2ccncc2NC(=O)c2ccc(F)c3cc(N4CCCS4(=O)=O)cnc23)C1. The Morgan fingerprint density at radius 3 is 2.77 bits per heavy atom. The summed E-state index contributed by atoms with van der Waals surface area (Å²) in [6, 6.07) is 6.06. The summed E-state index contributed by atoms with van der Waals surface area (Å²) in [5, 5.41) is 3.03. The average molecular weight is 498 g/mol. The average Bonchev–Trinajstić information content (AvgIpc) is 3.17. The van der Waals surface area contributed by atoms with Gasteiger partial charge in [-0.25, -0.2) is 12.8 Å². The fourth-order valence-electron chi connectivity index (χ4n) is 5.39. The van der Waals surface area contributed by atoms with Crippen molar-refractivity contribution in [3.8, 4) is 0 Å². The molecule has 35 heavy (non-hydrogen) atoms. The minimum atomic E-state index is -3.44. The molecule has 1 amide bonds. The summed E-state index contributed by atoms with van der Waals surface area (Å²) in [7, 11) is -3.44. The lowest BCUT2D eigenvalue weighted by molar-refractivity contribution is 0.102. The van der Waals surface area contributed by atoms with Crippen LogP contribution in [0.25, 0.3) is 10.9 Å². The number of amides is 1. The third-order valence-electron chi connectivity index (χ3n) is 6.94. The number of rotatable bonds is 4. The predicted molar refractivity (Wildman–Crippen MR) is 133 cm³/mol. The van der Waals surface area contributed by atoms with Crippen molar-refractivity contribution in [2.75, 3.05) is 21.9 Å². The lowest BCUT2D eigenvalue weighted by Gasteiger charge is -2.32. The van der Waals surface area contributed by atoms with Gasteiger partial charge in [-0.2, -0.15) is 0 Å². The maximum absolute atomic E-state index is 14.7. The Morgan fingerprint density at radius 1 is 1.20 bits per heavy atom. The number of sulfonamides is 1. The smallest absolute Gasteiger partial charge is 0.257 e. The van der Waals surface area contributed by atoms with Crippen molar-refractivity contribution in [3.63, 3.8) is 0 Å². The van der Waals surface area contributed by atoms with E-state index >= 15 is 0 Å². The molecule has 0 spiro atoms. The zero-order valence-electron chi connectivity index (χ0n) is 19.4. The first-order valence-electron chi connectivity index (χ1n) is 11.8. The number of hydrogen-bond donors (Lipinski definition) is 2. The lowest BCUT2D eigenvalue weighted by Crippen LogP contribution is -2.31. The van der Waals surface area contributed by atoms with Crippen LogP contribution in [-0.2, 0) is 10.0 Å². The van der Waals surface area contributed by atoms with Gasteiger partial charge in [-0.05, 0) is 67.3 Å². The van der Waals surface area contributed by atoms with Crippen LogP contribution in [0.4, 0.5) is 15.8 Å². The zero-order valence-corrected chi connectivity index (χ0v) is 20.3. The molecule has 1 saturated heterocycles. The third kappa shape index (κ3) is 4.60. The van der Waals surface area contributed by atoms with Crippen LogP contribution in [-0.4, -0.2) is 42.6 Å². The Morgan fingerprint density at radius 2 is 2.03 bits per heavy atom. The standard InChI is InChI=1S/C25H28FN5O3S/c1-15-9-16(11-17(27)10-15)19-5-6-28-14-23(19)30-25(32)20-3-4-22(26)21-12-18(13-29-24(20)21)31-7-2-8-35(31,33)34/h3-6,12-17H,2,7-11,27H2,1H3,(H,30,32)/t15-,16+,17-/m0/s1. The van der Waals surface area contributed by atoms with E-state index in [1.165, 1.54) is 28.7 Å². The van der Waals surface area contributed by atoms with E-state index in [0.717, 1.165) is 24.8 Å². The highest BCUT2D eigenvalue weighted by Gasteiger charge is 2.30. The van der Waals surface area contributed by atoms with E-state index in [-0.39, 0.29) is 34.2 Å². The molecule has 0 bridgehead atoms. The fourth-order valence-corrected chi connectivity index (χ4v) is 6.93. The Kier molecular flexibility index (Phi) is 6.18. The molecule has 3 atom stereocenters. The second-order valence-electron chi connectivity index (χ2n) is 9.61. The normalized spacial score (nSPS) is 24.0. The number of halogens is 1. The van der Waals surface area contributed by atoms with E-state index in [1.54, 1.807) is 12.4 Å². The molecule has 8 nitrogen and oxygen atoms in total. The van der Waals surface area contributed by atoms with E-state index in [4.69, 9.17) is 5.73 Å². The molecule has 3 N–H and O–H groups in total. The molecule has 2 fully saturated rings. The number of hydrogen-bond acceptors (Lipinski definition) is 6. The largest absolute Gasteiger partial charge is 0.328 e. The number of nitrogens with zero attached hydrogens (tertiary/aromatic N) is 3. The van der Waals surface area contributed by atoms with Gasteiger partial charge in [0.05, 0.1) is 40.6 Å². The summed E-state index contributed by atoms with van der Waals surface area (Å²) < 4.78 is 40.6. The number of benzene rings is 1. The molecule has 1 aliphatic carbocycles. The molecule has 1 aliphatic heterocycles. The minimum Gasteiger partial charge on any atom is -0.328 e. The van der Waals surface area contributed by atoms with Crippen molar-refractivity contribution < 1.29 is 17.6 Å². The van der Waals surface area contributed by atoms with Crippen molar-refractivity contribution in [1.29, 1.82) is 0 Å². The predicted octanol–water partition coefficient (Wildman–Crippen LogP) is 3.79. The molecule has 1 saturated carbocycles. The number of pyridine rings is 2. The summed E-state index contributed by atoms with van der Waals surface area (Å²) in [5.74, 6) is -0.269. The molecule has 2 aliphatic rings. The van der Waals surface area contributed by atoms with Crippen LogP contribution < -0.4 is 15.4 Å². The molecular weight excluding hydrogens is 469 g/mol. The molecule has 10 heteroatoms. The second-order valence-corrected chi connectivity index (χ2v) is 11.6. The molecular formula is C25H28FN5O3S. The highest BCUT2D eigenvalue weighted by molar-refractivity contribution is 7.93. The zero-order chi connectivity index (χ0) is 24.7. The minimum absolute atomic E-state index is 0.0497. The van der Waals surface area contributed by atoms with Crippen LogP contribution in [0.2, 0.25) is 0 Å². The number of aromatic nitrogens is 2. The Bertz CT molecular complexity index is 1390. The second kappa shape index (κ2) is 9.16. The summed E-state index contributed by atoms with van der Waals surface area (Å²) >= 11 is 0. The number of carbonyl (C=O) groups is 1. The maximum Gasteiger partial charge on any atom is 0.257 e. The van der Waals surface area contributed by atoms with Crippen LogP contribution in [0, 0.1) is 11.7 Å². The topological polar surface area (TPSA) is 118 Å². The summed E-state index contributed by atoms with van der Waals surface area (Å²) in [4.78, 5) is 21.8. The fraction of sp³-hybridized carbons (Fsp3) is 0.400. The third-order valence-corrected chi connectivity index (χ3v) is 8.81. The van der Waals surface area contributed by atoms with Gasteiger partial charge in [0.25, 0.3) is 5.91 Å². The Hall–Kier alpha value is -3.11. The van der Waals surface area contributed by atoms with E-state index < -0.39 is 21.7 Å². The van der Waals surface area contributed by atoms with Crippen molar-refractivity contribution in [1.82, 2.24) is 9.97 Å². The number of nitrogens with one attached hydrogen (secondary N) is 1. The highest BCUT2D eigenvalue weighted by atomic mass is 32.2. The van der Waals surface area contributed by atoms with Gasteiger partial charge >= 0.3 is 0 Å². The van der Waals surface area contributed by atoms with E-state index in [1.807, 2.05) is 6.07 Å². The molecule has 5 rings (SSSR count). The summed E-state index contributed by atoms with van der Waals surface area (Å²) in [5.41, 5.74) is 8.50. The molecule has 3 aromatic rings. The molecule has 3 heterocycles. The summed E-state index contributed by atoms with van der Waals surface area (Å²) in [6.45, 7) is 2.51. The Balaban J connectivity index is 1.47. The van der Waals surface area contributed by atoms with Gasteiger partial charge in [0.15, 0.2) is 0 Å². The highest BCUT2D eigenvalue weighted by Crippen LogP contribution is 2.38. The van der Waals surface area contributed by atoms with Crippen LogP contribution >= 0.6 is 0 Å². The van der Waals surface area contributed by atoms with Crippen LogP contribution in [0.3, 0.4) is 0 Å². The van der Waals surface area contributed by atoms with Crippen molar-refractivity contribution >= 4 is 38.2 Å². The first kappa shape index (κ1) is 23.6. The van der Waals surface area contributed by atoms with Crippen LogP contribution in [0.15, 0.2) is 42.9 Å². The molecule has 0 radical (unpaired) electrons. The van der Waals surface area contributed by atoms with E-state index in [2.05, 4.69) is 22.2 Å². The molecule has 1 aromatic carbocycles.